The summed E-state index contributed by atoms with van der Waals surface area (Å²) in [6.45, 7) is 3.14. The molecule has 0 radical (unpaired) electrons. The van der Waals surface area contributed by atoms with Gasteiger partial charge in [0.15, 0.2) is 0 Å². The molecule has 3 nitrogen and oxygen atoms in total. The van der Waals surface area contributed by atoms with Crippen molar-refractivity contribution in [3.63, 3.8) is 0 Å². The molecule has 0 aliphatic heterocycles. The molecule has 0 saturated carbocycles. The minimum absolute atomic E-state index is 0.240. The van der Waals surface area contributed by atoms with Crippen molar-refractivity contribution >= 4 is 0 Å². The van der Waals surface area contributed by atoms with Crippen LogP contribution in [0.3, 0.4) is 0 Å². The van der Waals surface area contributed by atoms with Gasteiger partial charge in [-0.2, -0.15) is 0 Å². The average Bonchev–Trinajstić information content (AvgIpc) is 2.53. The molecule has 0 aliphatic carbocycles. The van der Waals surface area contributed by atoms with Gasteiger partial charge in [0.2, 0.25) is 0 Å². The molecule has 2 rings (SSSR count). The summed E-state index contributed by atoms with van der Waals surface area (Å²) < 4.78 is 5.31. The molecule has 1 atom stereocenters. The molecule has 21 heavy (non-hydrogen) atoms. The lowest BCUT2D eigenvalue weighted by atomic mass is 9.98. The summed E-state index contributed by atoms with van der Waals surface area (Å²) in [5.74, 6) is 1.18. The van der Waals surface area contributed by atoms with E-state index in [0.717, 1.165) is 25.1 Å². The Hall–Kier alpha value is -2.00. The Morgan fingerprint density at radius 1 is 1.14 bits per heavy atom. The molecule has 0 saturated heterocycles. The lowest BCUT2D eigenvalue weighted by Crippen LogP contribution is -2.24. The number of hydrogen-bond acceptors (Lipinski definition) is 3. The van der Waals surface area contributed by atoms with Gasteiger partial charge in [0.25, 0.3) is 0 Å². The predicted molar refractivity (Wildman–Crippen MR) is 85.8 cm³/mol. The summed E-state index contributed by atoms with van der Waals surface area (Å²) in [7, 11) is 1.69. The van der Waals surface area contributed by atoms with Crippen molar-refractivity contribution in [1.29, 1.82) is 0 Å². The Kier molecular flexibility index (Phi) is 5.64. The zero-order valence-electron chi connectivity index (χ0n) is 12.7. The number of aromatic hydroxyl groups is 1. The molecular formula is C18H23NO2. The van der Waals surface area contributed by atoms with Crippen molar-refractivity contribution in [2.24, 2.45) is 0 Å². The fourth-order valence-electron chi connectivity index (χ4n) is 2.35. The highest BCUT2D eigenvalue weighted by molar-refractivity contribution is 5.33. The van der Waals surface area contributed by atoms with Gasteiger partial charge in [-0.15, -0.1) is 0 Å². The van der Waals surface area contributed by atoms with Crippen LogP contribution in [0.15, 0.2) is 48.5 Å². The van der Waals surface area contributed by atoms with Crippen LogP contribution in [-0.4, -0.2) is 18.8 Å². The number of ether oxygens (including phenoxy) is 1. The lowest BCUT2D eigenvalue weighted by Gasteiger charge is -2.20. The fraction of sp³-hybridized carbons (Fsp3) is 0.333. The number of hydrogen-bond donors (Lipinski definition) is 2. The van der Waals surface area contributed by atoms with Gasteiger partial charge in [-0.05, 0) is 54.8 Å². The maximum atomic E-state index is 9.39. The van der Waals surface area contributed by atoms with Crippen LogP contribution < -0.4 is 10.1 Å². The number of phenols is 1. The van der Waals surface area contributed by atoms with Crippen molar-refractivity contribution in [3.8, 4) is 11.5 Å². The summed E-state index contributed by atoms with van der Waals surface area (Å²) in [4.78, 5) is 0. The normalized spacial score (nSPS) is 12.1. The van der Waals surface area contributed by atoms with E-state index in [9.17, 15) is 5.11 Å². The fourth-order valence-corrected chi connectivity index (χ4v) is 2.35. The van der Waals surface area contributed by atoms with E-state index in [4.69, 9.17) is 4.74 Å². The zero-order chi connectivity index (χ0) is 15.1. The van der Waals surface area contributed by atoms with Gasteiger partial charge in [-0.3, -0.25) is 0 Å². The monoisotopic (exact) mass is 285 g/mol. The maximum absolute atomic E-state index is 9.39. The first-order valence-corrected chi connectivity index (χ1v) is 7.38. The van der Waals surface area contributed by atoms with Crippen molar-refractivity contribution in [2.45, 2.75) is 25.8 Å². The van der Waals surface area contributed by atoms with E-state index in [1.54, 1.807) is 19.2 Å². The smallest absolute Gasteiger partial charge is 0.119 e. The Morgan fingerprint density at radius 2 is 1.90 bits per heavy atom. The molecule has 2 N–H and O–H groups in total. The second-order valence-corrected chi connectivity index (χ2v) is 5.15. The Morgan fingerprint density at radius 3 is 2.57 bits per heavy atom. The van der Waals surface area contributed by atoms with Crippen molar-refractivity contribution in [1.82, 2.24) is 5.32 Å². The molecule has 0 aliphatic rings. The number of benzene rings is 2. The van der Waals surface area contributed by atoms with Gasteiger partial charge in [-0.1, -0.05) is 31.2 Å². The summed E-state index contributed by atoms with van der Waals surface area (Å²) in [5, 5.41) is 13.0. The Labute approximate surface area is 126 Å². The molecular weight excluding hydrogens is 262 g/mol. The van der Waals surface area contributed by atoms with Crippen LogP contribution >= 0.6 is 0 Å². The van der Waals surface area contributed by atoms with E-state index in [0.29, 0.717) is 5.75 Å². The van der Waals surface area contributed by atoms with Crippen molar-refractivity contribution < 1.29 is 9.84 Å². The maximum Gasteiger partial charge on any atom is 0.119 e. The van der Waals surface area contributed by atoms with Crippen molar-refractivity contribution in [3.05, 3.63) is 59.7 Å². The van der Waals surface area contributed by atoms with E-state index in [1.807, 2.05) is 24.3 Å². The number of methoxy groups -OCH3 is 1. The summed E-state index contributed by atoms with van der Waals surface area (Å²) in [5.41, 5.74) is 2.42. The minimum Gasteiger partial charge on any atom is -0.508 e. The van der Waals surface area contributed by atoms with Crippen LogP contribution in [0.5, 0.6) is 11.5 Å². The van der Waals surface area contributed by atoms with Gasteiger partial charge in [0.1, 0.15) is 11.5 Å². The second kappa shape index (κ2) is 7.70. The highest BCUT2D eigenvalue weighted by atomic mass is 16.5. The van der Waals surface area contributed by atoms with Gasteiger partial charge in [-0.25, -0.2) is 0 Å². The minimum atomic E-state index is 0.240. The molecule has 0 heterocycles. The number of rotatable bonds is 7. The third kappa shape index (κ3) is 4.50. The molecule has 0 spiro atoms. The van der Waals surface area contributed by atoms with Crippen LogP contribution in [-0.2, 0) is 6.42 Å². The molecule has 0 amide bonds. The van der Waals surface area contributed by atoms with Crippen LogP contribution in [0, 0.1) is 0 Å². The molecule has 3 heteroatoms. The van der Waals surface area contributed by atoms with Gasteiger partial charge < -0.3 is 15.2 Å². The Balaban J connectivity index is 2.18. The number of nitrogens with one attached hydrogen (secondary N) is 1. The third-order valence-corrected chi connectivity index (χ3v) is 3.51. The summed E-state index contributed by atoms with van der Waals surface area (Å²) in [6, 6.07) is 15.8. The molecule has 112 valence electrons. The van der Waals surface area contributed by atoms with Crippen LogP contribution in [0.25, 0.3) is 0 Å². The highest BCUT2D eigenvalue weighted by Crippen LogP contribution is 2.23. The SMILES string of the molecule is CCCNC(Cc1ccc(O)cc1)c1cccc(OC)c1. The third-order valence-electron chi connectivity index (χ3n) is 3.51. The predicted octanol–water partition coefficient (Wildman–Crippen LogP) is 3.68. The van der Waals surface area contributed by atoms with E-state index >= 15 is 0 Å². The van der Waals surface area contributed by atoms with E-state index < -0.39 is 0 Å². The standard InChI is InChI=1S/C18H23NO2/c1-3-11-19-18(12-14-7-9-16(20)10-8-14)15-5-4-6-17(13-15)21-2/h4-10,13,18-20H,3,11-12H2,1-2H3. The van der Waals surface area contributed by atoms with E-state index in [1.165, 1.54) is 11.1 Å². The lowest BCUT2D eigenvalue weighted by molar-refractivity contribution is 0.412. The molecule has 0 fully saturated rings. The average molecular weight is 285 g/mol. The topological polar surface area (TPSA) is 41.5 Å². The first-order valence-electron chi connectivity index (χ1n) is 7.38. The van der Waals surface area contributed by atoms with Gasteiger partial charge in [0, 0.05) is 6.04 Å². The molecule has 0 bridgehead atoms. The molecule has 0 aromatic heterocycles. The van der Waals surface area contributed by atoms with Crippen molar-refractivity contribution in [2.75, 3.05) is 13.7 Å². The first kappa shape index (κ1) is 15.4. The van der Waals surface area contributed by atoms with Gasteiger partial charge in [0.05, 0.1) is 7.11 Å². The second-order valence-electron chi connectivity index (χ2n) is 5.15. The Bertz CT molecular complexity index is 551. The van der Waals surface area contributed by atoms with Crippen LogP contribution in [0.2, 0.25) is 0 Å². The number of phenolic OH excluding ortho intramolecular Hbond substituents is 1. The summed E-state index contributed by atoms with van der Waals surface area (Å²) >= 11 is 0. The van der Waals surface area contributed by atoms with E-state index in [2.05, 4.69) is 24.4 Å². The van der Waals surface area contributed by atoms with Gasteiger partial charge >= 0.3 is 0 Å². The zero-order valence-corrected chi connectivity index (χ0v) is 12.7. The quantitative estimate of drug-likeness (QED) is 0.815. The first-order chi connectivity index (χ1) is 10.2. The molecule has 1 unspecified atom stereocenters. The summed E-state index contributed by atoms with van der Waals surface area (Å²) in [6.07, 6.45) is 1.98. The molecule has 2 aromatic rings. The molecule has 2 aromatic carbocycles. The van der Waals surface area contributed by atoms with Crippen LogP contribution in [0.4, 0.5) is 0 Å². The highest BCUT2D eigenvalue weighted by Gasteiger charge is 2.12. The van der Waals surface area contributed by atoms with Crippen LogP contribution in [0.1, 0.15) is 30.5 Å². The van der Waals surface area contributed by atoms with E-state index in [-0.39, 0.29) is 6.04 Å². The largest absolute Gasteiger partial charge is 0.508 e.